The van der Waals surface area contributed by atoms with Gasteiger partial charge in [0.25, 0.3) is 11.1 Å². The fourth-order valence-corrected chi connectivity index (χ4v) is 6.46. The molecule has 0 radical (unpaired) electrons. The number of pyridine rings is 1. The zero-order valence-electron chi connectivity index (χ0n) is 33.0. The van der Waals surface area contributed by atoms with E-state index in [4.69, 9.17) is 84.4 Å². The van der Waals surface area contributed by atoms with Crippen LogP contribution < -0.4 is 31.6 Å². The van der Waals surface area contributed by atoms with Gasteiger partial charge in [0.1, 0.15) is 36.1 Å². The van der Waals surface area contributed by atoms with Crippen molar-refractivity contribution in [1.29, 1.82) is 5.26 Å². The Morgan fingerprint density at radius 3 is 1.87 bits per heavy atom. The van der Waals surface area contributed by atoms with E-state index in [1.54, 1.807) is 78.9 Å². The second kappa shape index (κ2) is 26.0. The maximum Gasteiger partial charge on any atom is 0.302 e. The molecule has 0 saturated heterocycles. The topological polar surface area (TPSA) is 208 Å². The van der Waals surface area contributed by atoms with Crippen LogP contribution in [0.15, 0.2) is 148 Å². The molecule has 16 nitrogen and oxygen atoms in total. The molecule has 0 bridgehead atoms. The number of ether oxygens (including phenoxy) is 1. The summed E-state index contributed by atoms with van der Waals surface area (Å²) in [5, 5.41) is 13.8. The Bertz CT molecular complexity index is 3200. The lowest BCUT2D eigenvalue weighted by Gasteiger charge is -2.14. The van der Waals surface area contributed by atoms with Crippen LogP contribution in [0, 0.1) is 11.3 Å². The predicted octanol–water partition coefficient (Wildman–Crippen LogP) is 12.4. The number of nitrogens with zero attached hydrogens (tertiary/aromatic N) is 9. The SMILES string of the molecule is Clc1ncc(Br)c(Cl)n1.N#Cc1cccc(Oc2ccc(Nc3ncc(Br)c(=O)n3Cc3ccc(Cl)cc3)cc2)n1.O=c1[nH]c(Cl)ncc1Br.O=c1c(Br)cnc(Cl)n1Oc1ccc(Cl)cc1. The first-order chi connectivity index (χ1) is 32.0. The first kappa shape index (κ1) is 53.0. The summed E-state index contributed by atoms with van der Waals surface area (Å²) in [5.41, 5.74) is 1.00. The smallest absolute Gasteiger partial charge is 0.302 e. The second-order valence-corrected chi connectivity index (χ2v) is 18.0. The maximum absolute atomic E-state index is 12.7. The molecule has 8 aromatic rings. The lowest BCUT2D eigenvalue weighted by molar-refractivity contribution is 0.200. The number of nitrogens with one attached hydrogen (secondary N) is 2. The van der Waals surface area contributed by atoms with Gasteiger partial charge < -0.3 is 14.9 Å². The molecule has 26 heteroatoms. The third-order valence-electron chi connectivity index (χ3n) is 7.68. The summed E-state index contributed by atoms with van der Waals surface area (Å²) in [7, 11) is 0. The van der Waals surface area contributed by atoms with E-state index in [0.29, 0.717) is 58.5 Å². The number of nitriles is 1. The molecule has 8 rings (SSSR count). The minimum Gasteiger partial charge on any atom is -0.439 e. The third kappa shape index (κ3) is 16.7. The summed E-state index contributed by atoms with van der Waals surface area (Å²) in [5.74, 6) is 1.71. The van der Waals surface area contributed by atoms with Gasteiger partial charge in [-0.3, -0.25) is 23.9 Å². The van der Waals surface area contributed by atoms with E-state index >= 15 is 0 Å². The van der Waals surface area contributed by atoms with E-state index in [2.05, 4.69) is 104 Å². The van der Waals surface area contributed by atoms with Gasteiger partial charge in [0.2, 0.25) is 27.7 Å². The number of hydrogen-bond acceptors (Lipinski definition) is 13. The Kier molecular flexibility index (Phi) is 20.6. The quantitative estimate of drug-likeness (QED) is 0.107. The average molecular weight is 1280 g/mol. The Morgan fingerprint density at radius 2 is 1.25 bits per heavy atom. The number of anilines is 2. The molecule has 0 saturated carbocycles. The molecule has 0 aliphatic heterocycles. The molecule has 67 heavy (non-hydrogen) atoms. The lowest BCUT2D eigenvalue weighted by atomic mass is 10.2. The number of benzene rings is 3. The lowest BCUT2D eigenvalue weighted by Crippen LogP contribution is -2.26. The molecule has 0 unspecified atom stereocenters. The Hall–Kier alpha value is -4.92. The molecule has 0 fully saturated rings. The van der Waals surface area contributed by atoms with E-state index in [1.165, 1.54) is 29.4 Å². The van der Waals surface area contributed by atoms with Crippen LogP contribution >= 0.6 is 133 Å². The second-order valence-electron chi connectivity index (χ2n) is 12.3. The van der Waals surface area contributed by atoms with Crippen molar-refractivity contribution >= 4 is 145 Å². The highest BCUT2D eigenvalue weighted by Gasteiger charge is 2.12. The Balaban J connectivity index is 0.000000198. The zero-order valence-corrected chi connectivity index (χ0v) is 43.9. The molecule has 5 heterocycles. The van der Waals surface area contributed by atoms with Crippen molar-refractivity contribution in [1.82, 2.24) is 44.2 Å². The van der Waals surface area contributed by atoms with Crippen LogP contribution in [-0.2, 0) is 6.54 Å². The Labute approximate surface area is 442 Å². The minimum atomic E-state index is -0.431. The molecule has 0 aliphatic carbocycles. The first-order valence-corrected chi connectivity index (χ1v) is 23.5. The van der Waals surface area contributed by atoms with Gasteiger partial charge >= 0.3 is 5.56 Å². The van der Waals surface area contributed by atoms with Gasteiger partial charge in [0.15, 0.2) is 5.75 Å². The van der Waals surface area contributed by atoms with Gasteiger partial charge in [-0.25, -0.2) is 29.9 Å². The van der Waals surface area contributed by atoms with E-state index in [9.17, 15) is 14.4 Å². The van der Waals surface area contributed by atoms with Crippen molar-refractivity contribution in [3.63, 3.8) is 0 Å². The van der Waals surface area contributed by atoms with Gasteiger partial charge in [-0.15, -0.1) is 4.73 Å². The molecule has 0 aliphatic rings. The van der Waals surface area contributed by atoms with Crippen LogP contribution in [0.1, 0.15) is 11.3 Å². The van der Waals surface area contributed by atoms with Crippen LogP contribution in [0.3, 0.4) is 0 Å². The van der Waals surface area contributed by atoms with Gasteiger partial charge in [-0.1, -0.05) is 53.0 Å². The molecule has 0 amide bonds. The summed E-state index contributed by atoms with van der Waals surface area (Å²) in [6.45, 7) is 0.326. The van der Waals surface area contributed by atoms with Crippen molar-refractivity contribution in [3.05, 3.63) is 207 Å². The van der Waals surface area contributed by atoms with Crippen LogP contribution in [-0.4, -0.2) is 44.2 Å². The van der Waals surface area contributed by atoms with Crippen LogP contribution in [0.2, 0.25) is 31.0 Å². The van der Waals surface area contributed by atoms with Gasteiger partial charge in [-0.05, 0) is 171 Å². The molecular weight excluding hydrogens is 1260 g/mol. The van der Waals surface area contributed by atoms with Crippen molar-refractivity contribution in [2.24, 2.45) is 0 Å². The van der Waals surface area contributed by atoms with E-state index in [-0.39, 0.29) is 37.1 Å². The van der Waals surface area contributed by atoms with Gasteiger partial charge in [-0.2, -0.15) is 5.26 Å². The zero-order chi connectivity index (χ0) is 48.6. The summed E-state index contributed by atoms with van der Waals surface area (Å²) in [6, 6.07) is 27.9. The number of hydrogen-bond donors (Lipinski definition) is 2. The minimum absolute atomic E-state index is 0.0619. The molecule has 3 aromatic carbocycles. The molecule has 5 aromatic heterocycles. The maximum atomic E-state index is 12.7. The first-order valence-electron chi connectivity index (χ1n) is 18.0. The van der Waals surface area contributed by atoms with Crippen molar-refractivity contribution in [2.75, 3.05) is 5.32 Å². The van der Waals surface area contributed by atoms with Gasteiger partial charge in [0.05, 0.1) is 23.4 Å². The van der Waals surface area contributed by atoms with E-state index < -0.39 is 5.56 Å². The fraction of sp³-hybridized carbons (Fsp3) is 0.0244. The van der Waals surface area contributed by atoms with E-state index in [0.717, 1.165) is 16.0 Å². The highest BCUT2D eigenvalue weighted by Crippen LogP contribution is 2.24. The summed E-state index contributed by atoms with van der Waals surface area (Å²) >= 11 is 46.1. The standard InChI is InChI=1S/C23H15BrClN5O2.C10H5BrCl2N2O2.C4HBrCl2N2.C4H2BrClN2O/c24-20-13-27-23(30(22(20)31)14-15-4-6-16(25)7-5-15)29-17-8-10-19(11-9-17)32-21-3-1-2-18(12-26)28-21;11-8-5-14-10(13)15(9(8)16)17-7-3-1-6(12)2-4-7;5-2-1-8-4(7)9-3(2)6;5-2-1-7-4(6)8-3(2)9/h1-11,13H,14H2,(H,27,29);1-5H;1H;1H,(H,7,8,9). The third-order valence-corrected chi connectivity index (χ3v) is 11.6. The average Bonchev–Trinajstić information content (AvgIpc) is 3.31. The Morgan fingerprint density at radius 1 is 0.657 bits per heavy atom. The molecular formula is C41H23Br4Cl6N11O5. The molecule has 0 atom stereocenters. The fourth-order valence-electron chi connectivity index (χ4n) is 4.64. The summed E-state index contributed by atoms with van der Waals surface area (Å²) in [4.78, 5) is 65.8. The van der Waals surface area contributed by atoms with Crippen molar-refractivity contribution in [2.45, 2.75) is 6.54 Å². The molecule has 342 valence electrons. The monoisotopic (exact) mass is 1270 g/mol. The molecule has 2 N–H and O–H groups in total. The predicted molar refractivity (Wildman–Crippen MR) is 272 cm³/mol. The van der Waals surface area contributed by atoms with Crippen molar-refractivity contribution in [3.8, 4) is 23.4 Å². The van der Waals surface area contributed by atoms with Crippen LogP contribution in [0.4, 0.5) is 11.6 Å². The molecule has 0 spiro atoms. The highest BCUT2D eigenvalue weighted by molar-refractivity contribution is 9.11. The van der Waals surface area contributed by atoms with Gasteiger partial charge in [0, 0.05) is 34.2 Å². The van der Waals surface area contributed by atoms with Crippen LogP contribution in [0.5, 0.6) is 17.4 Å². The summed E-state index contributed by atoms with van der Waals surface area (Å²) < 4.78 is 9.77. The largest absolute Gasteiger partial charge is 0.439 e. The number of aromatic nitrogens is 9. The number of H-pyrrole nitrogens is 1. The summed E-state index contributed by atoms with van der Waals surface area (Å²) in [6.07, 6.45) is 5.62. The van der Waals surface area contributed by atoms with Crippen molar-refractivity contribution < 1.29 is 9.57 Å². The number of rotatable bonds is 8. The number of halogens is 10. The normalized spacial score (nSPS) is 10.2. The number of aromatic amines is 1. The highest BCUT2D eigenvalue weighted by atomic mass is 79.9. The van der Waals surface area contributed by atoms with E-state index in [1.807, 2.05) is 18.2 Å². The van der Waals surface area contributed by atoms with Crippen LogP contribution in [0.25, 0.3) is 0 Å².